The van der Waals surface area contributed by atoms with E-state index in [1.807, 2.05) is 43.3 Å². The molecule has 21 heavy (non-hydrogen) atoms. The highest BCUT2D eigenvalue weighted by Gasteiger charge is 2.09. The Labute approximate surface area is 126 Å². The summed E-state index contributed by atoms with van der Waals surface area (Å²) in [7, 11) is 0. The topological polar surface area (TPSA) is 41.5 Å². The largest absolute Gasteiger partial charge is 0.489 e. The summed E-state index contributed by atoms with van der Waals surface area (Å²) in [6.07, 6.45) is 0. The highest BCUT2D eigenvalue weighted by molar-refractivity contribution is 5.30. The van der Waals surface area contributed by atoms with Crippen LogP contribution < -0.4 is 10.1 Å². The zero-order valence-corrected chi connectivity index (χ0v) is 12.6. The van der Waals surface area contributed by atoms with Gasteiger partial charge in [0.25, 0.3) is 0 Å². The monoisotopic (exact) mass is 285 g/mol. The smallest absolute Gasteiger partial charge is 0.120 e. The maximum absolute atomic E-state index is 9.11. The Morgan fingerprint density at radius 2 is 1.81 bits per heavy atom. The molecule has 0 aromatic heterocycles. The van der Waals surface area contributed by atoms with Crippen molar-refractivity contribution >= 4 is 0 Å². The molecule has 0 amide bonds. The molecule has 2 aromatic rings. The zero-order chi connectivity index (χ0) is 15.1. The van der Waals surface area contributed by atoms with Gasteiger partial charge < -0.3 is 15.2 Å². The average molecular weight is 285 g/mol. The fraction of sp³-hybridized carbons (Fsp3) is 0.333. The molecule has 0 heterocycles. The summed E-state index contributed by atoms with van der Waals surface area (Å²) in [4.78, 5) is 0. The van der Waals surface area contributed by atoms with E-state index in [0.29, 0.717) is 6.61 Å². The Hall–Kier alpha value is -1.84. The van der Waals surface area contributed by atoms with E-state index in [9.17, 15) is 0 Å². The van der Waals surface area contributed by atoms with Crippen molar-refractivity contribution < 1.29 is 9.84 Å². The number of aliphatic hydroxyl groups excluding tert-OH is 1. The molecule has 2 aromatic carbocycles. The SMILES string of the molecule is CC(N[C@H](C)CO)c1cccc(OCc2ccccc2)c1. The standard InChI is InChI=1S/C18H23NO2/c1-14(12-20)19-15(2)17-9-6-10-18(11-17)21-13-16-7-4-3-5-8-16/h3-11,14-15,19-20H,12-13H2,1-2H3/t14-,15?/m1/s1. The lowest BCUT2D eigenvalue weighted by atomic mass is 10.1. The number of benzene rings is 2. The number of aliphatic hydroxyl groups is 1. The second-order valence-electron chi connectivity index (χ2n) is 5.32. The molecule has 0 aliphatic heterocycles. The first-order valence-electron chi connectivity index (χ1n) is 7.32. The van der Waals surface area contributed by atoms with Gasteiger partial charge in [0.05, 0.1) is 6.61 Å². The highest BCUT2D eigenvalue weighted by atomic mass is 16.5. The molecule has 2 atom stereocenters. The van der Waals surface area contributed by atoms with Crippen LogP contribution in [0.25, 0.3) is 0 Å². The third-order valence-corrected chi connectivity index (χ3v) is 3.41. The Balaban J connectivity index is 1.97. The first-order valence-corrected chi connectivity index (χ1v) is 7.32. The molecule has 0 saturated heterocycles. The maximum atomic E-state index is 9.11. The molecular weight excluding hydrogens is 262 g/mol. The zero-order valence-electron chi connectivity index (χ0n) is 12.6. The van der Waals surface area contributed by atoms with Gasteiger partial charge in [-0.2, -0.15) is 0 Å². The van der Waals surface area contributed by atoms with Crippen LogP contribution in [-0.2, 0) is 6.61 Å². The van der Waals surface area contributed by atoms with Crippen LogP contribution in [0.1, 0.15) is 31.0 Å². The second-order valence-corrected chi connectivity index (χ2v) is 5.32. The van der Waals surface area contributed by atoms with Crippen molar-refractivity contribution in [1.29, 1.82) is 0 Å². The third kappa shape index (κ3) is 4.88. The van der Waals surface area contributed by atoms with Crippen molar-refractivity contribution in [2.24, 2.45) is 0 Å². The van der Waals surface area contributed by atoms with Gasteiger partial charge in [-0.25, -0.2) is 0 Å². The predicted molar refractivity (Wildman–Crippen MR) is 85.3 cm³/mol. The molecule has 3 nitrogen and oxygen atoms in total. The van der Waals surface area contributed by atoms with E-state index in [2.05, 4.69) is 30.4 Å². The van der Waals surface area contributed by atoms with E-state index in [0.717, 1.165) is 16.9 Å². The molecule has 3 heteroatoms. The Morgan fingerprint density at radius 3 is 2.52 bits per heavy atom. The number of nitrogens with one attached hydrogen (secondary N) is 1. The van der Waals surface area contributed by atoms with Crippen molar-refractivity contribution in [3.63, 3.8) is 0 Å². The second kappa shape index (κ2) is 7.81. The molecule has 0 spiro atoms. The third-order valence-electron chi connectivity index (χ3n) is 3.41. The summed E-state index contributed by atoms with van der Waals surface area (Å²) in [5.41, 5.74) is 2.31. The van der Waals surface area contributed by atoms with Crippen molar-refractivity contribution in [2.45, 2.75) is 32.5 Å². The van der Waals surface area contributed by atoms with Gasteiger partial charge in [-0.05, 0) is 37.1 Å². The normalized spacial score (nSPS) is 13.7. The first-order chi connectivity index (χ1) is 10.2. The Morgan fingerprint density at radius 1 is 1.05 bits per heavy atom. The quantitative estimate of drug-likeness (QED) is 0.820. The fourth-order valence-electron chi connectivity index (χ4n) is 2.19. The average Bonchev–Trinajstić information content (AvgIpc) is 2.54. The minimum atomic E-state index is 0.0777. The van der Waals surface area contributed by atoms with Crippen LogP contribution >= 0.6 is 0 Å². The van der Waals surface area contributed by atoms with Crippen LogP contribution in [0, 0.1) is 0 Å². The van der Waals surface area contributed by atoms with Crippen LogP contribution in [0.2, 0.25) is 0 Å². The first kappa shape index (κ1) is 15.5. The molecule has 2 rings (SSSR count). The summed E-state index contributed by atoms with van der Waals surface area (Å²) in [5, 5.41) is 12.4. The lowest BCUT2D eigenvalue weighted by molar-refractivity contribution is 0.243. The van der Waals surface area contributed by atoms with E-state index >= 15 is 0 Å². The van der Waals surface area contributed by atoms with Crippen LogP contribution in [0.5, 0.6) is 5.75 Å². The van der Waals surface area contributed by atoms with Crippen LogP contribution in [0.3, 0.4) is 0 Å². The van der Waals surface area contributed by atoms with Crippen LogP contribution in [0.4, 0.5) is 0 Å². The van der Waals surface area contributed by atoms with E-state index in [1.165, 1.54) is 0 Å². The van der Waals surface area contributed by atoms with E-state index in [4.69, 9.17) is 9.84 Å². The molecule has 112 valence electrons. The predicted octanol–water partition coefficient (Wildman–Crippen LogP) is 3.30. The van der Waals surface area contributed by atoms with Gasteiger partial charge >= 0.3 is 0 Å². The molecule has 0 radical (unpaired) electrons. The molecule has 0 fully saturated rings. The summed E-state index contributed by atoms with van der Waals surface area (Å²) in [6.45, 7) is 4.75. The van der Waals surface area contributed by atoms with Gasteiger partial charge in [-0.15, -0.1) is 0 Å². The summed E-state index contributed by atoms with van der Waals surface area (Å²) in [6, 6.07) is 18.5. The van der Waals surface area contributed by atoms with E-state index < -0.39 is 0 Å². The lowest BCUT2D eigenvalue weighted by Gasteiger charge is -2.19. The van der Waals surface area contributed by atoms with Crippen LogP contribution in [-0.4, -0.2) is 17.8 Å². The lowest BCUT2D eigenvalue weighted by Crippen LogP contribution is -2.31. The molecule has 0 saturated carbocycles. The minimum Gasteiger partial charge on any atom is -0.489 e. The van der Waals surface area contributed by atoms with E-state index in [-0.39, 0.29) is 18.7 Å². The van der Waals surface area contributed by atoms with Gasteiger partial charge in [-0.3, -0.25) is 0 Å². The Kier molecular flexibility index (Phi) is 5.78. The molecule has 2 N–H and O–H groups in total. The number of hydrogen-bond donors (Lipinski definition) is 2. The summed E-state index contributed by atoms with van der Waals surface area (Å²) >= 11 is 0. The Bertz CT molecular complexity index is 542. The summed E-state index contributed by atoms with van der Waals surface area (Å²) < 4.78 is 5.84. The number of ether oxygens (including phenoxy) is 1. The van der Waals surface area contributed by atoms with Crippen LogP contribution in [0.15, 0.2) is 54.6 Å². The highest BCUT2D eigenvalue weighted by Crippen LogP contribution is 2.20. The molecule has 1 unspecified atom stereocenters. The van der Waals surface area contributed by atoms with Crippen molar-refractivity contribution in [2.75, 3.05) is 6.61 Å². The molecule has 0 aliphatic carbocycles. The summed E-state index contributed by atoms with van der Waals surface area (Å²) in [5.74, 6) is 0.863. The fourth-order valence-corrected chi connectivity index (χ4v) is 2.19. The minimum absolute atomic E-state index is 0.0777. The van der Waals surface area contributed by atoms with Crippen molar-refractivity contribution in [3.8, 4) is 5.75 Å². The molecule has 0 bridgehead atoms. The molecule has 0 aliphatic rings. The maximum Gasteiger partial charge on any atom is 0.120 e. The van der Waals surface area contributed by atoms with Crippen molar-refractivity contribution in [3.05, 3.63) is 65.7 Å². The van der Waals surface area contributed by atoms with Gasteiger partial charge in [0.2, 0.25) is 0 Å². The van der Waals surface area contributed by atoms with Gasteiger partial charge in [0.15, 0.2) is 0 Å². The van der Waals surface area contributed by atoms with E-state index in [1.54, 1.807) is 0 Å². The van der Waals surface area contributed by atoms with Gasteiger partial charge in [-0.1, -0.05) is 42.5 Å². The van der Waals surface area contributed by atoms with Crippen molar-refractivity contribution in [1.82, 2.24) is 5.32 Å². The van der Waals surface area contributed by atoms with Gasteiger partial charge in [0.1, 0.15) is 12.4 Å². The molecular formula is C18H23NO2. The van der Waals surface area contributed by atoms with Gasteiger partial charge in [0, 0.05) is 12.1 Å². The number of rotatable bonds is 7. The number of hydrogen-bond acceptors (Lipinski definition) is 3.